The first kappa shape index (κ1) is 15.9. The van der Waals surface area contributed by atoms with Crippen molar-refractivity contribution in [2.75, 3.05) is 13.2 Å². The van der Waals surface area contributed by atoms with Gasteiger partial charge in [0.1, 0.15) is 18.1 Å². The molecule has 1 N–H and O–H groups in total. The molecule has 2 rings (SSSR count). The van der Waals surface area contributed by atoms with Gasteiger partial charge in [-0.3, -0.25) is 0 Å². The standard InChI is InChI=1S/C17H23NO2S/c1-3-11-18-12-16-9-10-17(21-16)13-20-15-7-5-14(6-8-15)19-4-2/h5-10,18H,3-4,11-13H2,1-2H3. The fourth-order valence-corrected chi connectivity index (χ4v) is 2.84. The van der Waals surface area contributed by atoms with Crippen molar-refractivity contribution in [3.8, 4) is 11.5 Å². The Labute approximate surface area is 130 Å². The molecule has 0 saturated heterocycles. The van der Waals surface area contributed by atoms with E-state index in [0.29, 0.717) is 13.2 Å². The fraction of sp³-hybridized carbons (Fsp3) is 0.412. The summed E-state index contributed by atoms with van der Waals surface area (Å²) < 4.78 is 11.2. The van der Waals surface area contributed by atoms with Crippen molar-refractivity contribution in [2.24, 2.45) is 0 Å². The van der Waals surface area contributed by atoms with E-state index in [0.717, 1.165) is 24.6 Å². The monoisotopic (exact) mass is 305 g/mol. The van der Waals surface area contributed by atoms with Crippen molar-refractivity contribution in [1.82, 2.24) is 5.32 Å². The maximum Gasteiger partial charge on any atom is 0.122 e. The molecule has 0 aliphatic carbocycles. The maximum atomic E-state index is 5.80. The van der Waals surface area contributed by atoms with Crippen LogP contribution in [0.3, 0.4) is 0 Å². The Morgan fingerprint density at radius 3 is 2.24 bits per heavy atom. The summed E-state index contributed by atoms with van der Waals surface area (Å²) >= 11 is 1.80. The van der Waals surface area contributed by atoms with Crippen LogP contribution < -0.4 is 14.8 Å². The molecule has 0 aliphatic rings. The molecular formula is C17H23NO2S. The Hall–Kier alpha value is -1.52. The van der Waals surface area contributed by atoms with Gasteiger partial charge in [-0.2, -0.15) is 0 Å². The van der Waals surface area contributed by atoms with Gasteiger partial charge >= 0.3 is 0 Å². The van der Waals surface area contributed by atoms with Crippen LogP contribution in [0.25, 0.3) is 0 Å². The zero-order chi connectivity index (χ0) is 14.9. The van der Waals surface area contributed by atoms with Crippen LogP contribution in [0, 0.1) is 0 Å². The highest BCUT2D eigenvalue weighted by Crippen LogP contribution is 2.21. The lowest BCUT2D eigenvalue weighted by Crippen LogP contribution is -2.12. The van der Waals surface area contributed by atoms with Gasteiger partial charge in [-0.05, 0) is 56.3 Å². The molecule has 4 heteroatoms. The smallest absolute Gasteiger partial charge is 0.122 e. The molecule has 114 valence electrons. The lowest BCUT2D eigenvalue weighted by Gasteiger charge is -2.06. The van der Waals surface area contributed by atoms with E-state index >= 15 is 0 Å². The van der Waals surface area contributed by atoms with Crippen LogP contribution in [-0.2, 0) is 13.2 Å². The predicted octanol–water partition coefficient (Wildman–Crippen LogP) is 4.23. The van der Waals surface area contributed by atoms with Gasteiger partial charge in [0.2, 0.25) is 0 Å². The zero-order valence-corrected chi connectivity index (χ0v) is 13.5. The Morgan fingerprint density at radius 2 is 1.57 bits per heavy atom. The quantitative estimate of drug-likeness (QED) is 0.703. The molecule has 0 bridgehead atoms. The number of ether oxygens (including phenoxy) is 2. The van der Waals surface area contributed by atoms with E-state index in [9.17, 15) is 0 Å². The van der Waals surface area contributed by atoms with E-state index in [1.54, 1.807) is 11.3 Å². The van der Waals surface area contributed by atoms with Crippen LogP contribution in [0.2, 0.25) is 0 Å². The SMILES string of the molecule is CCCNCc1ccc(COc2ccc(OCC)cc2)s1. The van der Waals surface area contributed by atoms with E-state index in [-0.39, 0.29) is 0 Å². The van der Waals surface area contributed by atoms with Gasteiger partial charge in [0.05, 0.1) is 6.61 Å². The third-order valence-electron chi connectivity index (χ3n) is 2.96. The van der Waals surface area contributed by atoms with Crippen molar-refractivity contribution in [3.63, 3.8) is 0 Å². The van der Waals surface area contributed by atoms with Crippen LogP contribution in [0.5, 0.6) is 11.5 Å². The molecule has 21 heavy (non-hydrogen) atoms. The average molecular weight is 305 g/mol. The minimum absolute atomic E-state index is 0.617. The summed E-state index contributed by atoms with van der Waals surface area (Å²) in [4.78, 5) is 2.60. The summed E-state index contributed by atoms with van der Waals surface area (Å²) in [5.41, 5.74) is 0. The van der Waals surface area contributed by atoms with Gasteiger partial charge in [0.25, 0.3) is 0 Å². The summed E-state index contributed by atoms with van der Waals surface area (Å²) in [5.74, 6) is 1.75. The van der Waals surface area contributed by atoms with Crippen LogP contribution >= 0.6 is 11.3 Å². The van der Waals surface area contributed by atoms with Crippen molar-refractivity contribution in [1.29, 1.82) is 0 Å². The first-order chi connectivity index (χ1) is 10.3. The second kappa shape index (κ2) is 8.70. The minimum Gasteiger partial charge on any atom is -0.494 e. The highest BCUT2D eigenvalue weighted by atomic mass is 32.1. The summed E-state index contributed by atoms with van der Waals surface area (Å²) in [6, 6.07) is 12.1. The van der Waals surface area contributed by atoms with Gasteiger partial charge < -0.3 is 14.8 Å². The van der Waals surface area contributed by atoms with E-state index in [1.165, 1.54) is 16.2 Å². The van der Waals surface area contributed by atoms with Gasteiger partial charge in [0, 0.05) is 16.3 Å². The van der Waals surface area contributed by atoms with Crippen LogP contribution in [0.4, 0.5) is 0 Å². The largest absolute Gasteiger partial charge is 0.494 e. The van der Waals surface area contributed by atoms with Crippen molar-refractivity contribution >= 4 is 11.3 Å². The molecule has 0 amide bonds. The molecule has 0 unspecified atom stereocenters. The highest BCUT2D eigenvalue weighted by molar-refractivity contribution is 7.11. The van der Waals surface area contributed by atoms with Crippen LogP contribution in [0.1, 0.15) is 30.0 Å². The maximum absolute atomic E-state index is 5.80. The molecule has 0 fully saturated rings. The number of nitrogens with one attached hydrogen (secondary N) is 1. The topological polar surface area (TPSA) is 30.5 Å². The normalized spacial score (nSPS) is 10.6. The number of hydrogen-bond acceptors (Lipinski definition) is 4. The van der Waals surface area contributed by atoms with Crippen molar-refractivity contribution in [3.05, 3.63) is 46.2 Å². The van der Waals surface area contributed by atoms with Crippen LogP contribution in [-0.4, -0.2) is 13.2 Å². The molecule has 0 saturated carbocycles. The molecule has 0 spiro atoms. The third kappa shape index (κ3) is 5.40. The third-order valence-corrected chi connectivity index (χ3v) is 4.02. The Kier molecular flexibility index (Phi) is 6.57. The second-order valence-electron chi connectivity index (χ2n) is 4.74. The molecule has 0 atom stereocenters. The number of benzene rings is 1. The highest BCUT2D eigenvalue weighted by Gasteiger charge is 2.02. The zero-order valence-electron chi connectivity index (χ0n) is 12.7. The molecule has 1 heterocycles. The summed E-state index contributed by atoms with van der Waals surface area (Å²) in [5, 5.41) is 3.41. The molecule has 1 aromatic carbocycles. The molecule has 0 aliphatic heterocycles. The van der Waals surface area contributed by atoms with E-state index < -0.39 is 0 Å². The van der Waals surface area contributed by atoms with Gasteiger partial charge in [0.15, 0.2) is 0 Å². The van der Waals surface area contributed by atoms with Gasteiger partial charge in [-0.15, -0.1) is 11.3 Å². The summed E-state index contributed by atoms with van der Waals surface area (Å²) in [7, 11) is 0. The number of hydrogen-bond donors (Lipinski definition) is 1. The molecule has 3 nitrogen and oxygen atoms in total. The first-order valence-electron chi connectivity index (χ1n) is 7.45. The average Bonchev–Trinajstić information content (AvgIpc) is 2.95. The summed E-state index contributed by atoms with van der Waals surface area (Å²) in [6.07, 6.45) is 1.17. The number of thiophene rings is 1. The van der Waals surface area contributed by atoms with Crippen molar-refractivity contribution < 1.29 is 9.47 Å². The van der Waals surface area contributed by atoms with Gasteiger partial charge in [-0.25, -0.2) is 0 Å². The van der Waals surface area contributed by atoms with E-state index in [4.69, 9.17) is 9.47 Å². The van der Waals surface area contributed by atoms with Crippen LogP contribution in [0.15, 0.2) is 36.4 Å². The number of rotatable bonds is 9. The first-order valence-corrected chi connectivity index (χ1v) is 8.27. The predicted molar refractivity (Wildman–Crippen MR) is 88.3 cm³/mol. The van der Waals surface area contributed by atoms with Gasteiger partial charge in [-0.1, -0.05) is 6.92 Å². The fourth-order valence-electron chi connectivity index (χ4n) is 1.94. The molecule has 2 aromatic rings. The lowest BCUT2D eigenvalue weighted by atomic mass is 10.3. The Balaban J connectivity index is 1.79. The molecule has 1 aromatic heterocycles. The molecule has 0 radical (unpaired) electrons. The van der Waals surface area contributed by atoms with Crippen molar-refractivity contribution in [2.45, 2.75) is 33.4 Å². The van der Waals surface area contributed by atoms with E-state index in [1.807, 2.05) is 31.2 Å². The second-order valence-corrected chi connectivity index (χ2v) is 5.99. The molecular weight excluding hydrogens is 282 g/mol. The Morgan fingerprint density at radius 1 is 0.905 bits per heavy atom. The summed E-state index contributed by atoms with van der Waals surface area (Å²) in [6.45, 7) is 7.47. The van der Waals surface area contributed by atoms with E-state index in [2.05, 4.69) is 24.4 Å². The Bertz CT molecular complexity index is 522. The lowest BCUT2D eigenvalue weighted by molar-refractivity contribution is 0.307. The minimum atomic E-state index is 0.617.